The maximum atomic E-state index is 2.37. The molecule has 0 atom stereocenters. The minimum Gasteiger partial charge on any atom is -0.309 e. The van der Waals surface area contributed by atoms with E-state index < -0.39 is 0 Å². The summed E-state index contributed by atoms with van der Waals surface area (Å²) in [4.78, 5) is 0. The van der Waals surface area contributed by atoms with Crippen molar-refractivity contribution in [3.8, 4) is 117 Å². The summed E-state index contributed by atoms with van der Waals surface area (Å²) in [6.45, 7) is 0. The van der Waals surface area contributed by atoms with Crippen LogP contribution in [0.5, 0.6) is 0 Å². The van der Waals surface area contributed by atoms with Crippen LogP contribution in [0.3, 0.4) is 0 Å². The van der Waals surface area contributed by atoms with E-state index in [0.29, 0.717) is 0 Å². The van der Waals surface area contributed by atoms with Gasteiger partial charge in [0, 0.05) is 49.4 Å². The zero-order valence-corrected chi connectivity index (χ0v) is 67.6. The third-order valence-electron chi connectivity index (χ3n) is 24.6. The maximum Gasteiger partial charge on any atom is 0.0541 e. The monoisotopic (exact) mass is 1560 g/mol. The van der Waals surface area contributed by atoms with Gasteiger partial charge in [-0.05, 0) is 230 Å². The Morgan fingerprint density at radius 2 is 0.317 bits per heavy atom. The van der Waals surface area contributed by atoms with Crippen LogP contribution >= 0.6 is 0 Å². The molecule has 0 bridgehead atoms. The van der Waals surface area contributed by atoms with E-state index in [4.69, 9.17) is 0 Å². The second kappa shape index (κ2) is 31.9. The second-order valence-corrected chi connectivity index (χ2v) is 31.8. The Morgan fingerprint density at radius 1 is 0.106 bits per heavy atom. The summed E-state index contributed by atoms with van der Waals surface area (Å²) < 4.78 is 7.09. The highest BCUT2D eigenvalue weighted by Crippen LogP contribution is 2.43. The molecule has 0 radical (unpaired) electrons. The first-order valence-electron chi connectivity index (χ1n) is 42.3. The van der Waals surface area contributed by atoms with Gasteiger partial charge in [0.2, 0.25) is 0 Å². The van der Waals surface area contributed by atoms with Crippen LogP contribution in [0.1, 0.15) is 0 Å². The molecule has 3 heteroatoms. The second-order valence-electron chi connectivity index (χ2n) is 31.8. The fourth-order valence-electron chi connectivity index (χ4n) is 18.7. The van der Waals surface area contributed by atoms with Gasteiger partial charge in [-0.25, -0.2) is 0 Å². The predicted octanol–water partition coefficient (Wildman–Crippen LogP) is 32.8. The van der Waals surface area contributed by atoms with E-state index in [2.05, 4.69) is 505 Å². The molecule has 0 N–H and O–H groups in total. The summed E-state index contributed by atoms with van der Waals surface area (Å²) in [6.07, 6.45) is 0. The van der Waals surface area contributed by atoms with Crippen molar-refractivity contribution in [3.63, 3.8) is 0 Å². The molecule has 0 fully saturated rings. The highest BCUT2D eigenvalue weighted by atomic mass is 15.0. The molecule has 0 saturated heterocycles. The molecular weight excluding hydrogens is 1480 g/mol. The predicted molar refractivity (Wildman–Crippen MR) is 524 cm³/mol. The van der Waals surface area contributed by atoms with E-state index in [1.807, 2.05) is 0 Å². The van der Waals surface area contributed by atoms with Gasteiger partial charge in [-0.15, -0.1) is 0 Å². The molecule has 24 rings (SSSR count). The Morgan fingerprint density at radius 3 is 0.683 bits per heavy atom. The molecule has 0 spiro atoms. The van der Waals surface area contributed by atoms with Gasteiger partial charge in [0.05, 0.1) is 33.1 Å². The average Bonchev–Trinajstić information content (AvgIpc) is 1.61. The minimum atomic E-state index is 1.18. The standard InChI is InChI=1S/3C40H27N/c1-2-14-34(15-3-1)41-39-19-7-6-17-37(39)38-27-33(24-25-40(38)41)32-13-8-12-31(26-32)28-20-22-30(23-21-28)36-18-9-11-29-10-4-5-16-35(29)36;1-2-13-32(14-3-1)41-39-20-9-8-18-37(39)38-27-31(25-26-40(38)41)36-17-7-6-16-34(36)29-21-23-30(24-22-29)35-19-10-12-28-11-4-5-15-33(28)35;1-2-11-34(12-3-1)41-39-16-7-6-14-37(39)38-27-33(25-26-40(38)41)30-19-17-28(18-20-30)29-21-23-32(24-22-29)36-15-8-10-31-9-4-5-13-35(31)36/h3*1-27H. The zero-order valence-electron chi connectivity index (χ0n) is 67.6. The van der Waals surface area contributed by atoms with E-state index in [1.54, 1.807) is 0 Å². The molecule has 3 aromatic heterocycles. The van der Waals surface area contributed by atoms with Crippen LogP contribution in [-0.4, -0.2) is 13.7 Å². The number of nitrogens with zero attached hydrogens (tertiary/aromatic N) is 3. The first-order valence-corrected chi connectivity index (χ1v) is 42.3. The van der Waals surface area contributed by atoms with Crippen molar-refractivity contribution in [1.29, 1.82) is 0 Å². The van der Waals surface area contributed by atoms with Crippen molar-refractivity contribution in [2.75, 3.05) is 0 Å². The van der Waals surface area contributed by atoms with E-state index >= 15 is 0 Å². The van der Waals surface area contributed by atoms with Crippen LogP contribution in [0.2, 0.25) is 0 Å². The van der Waals surface area contributed by atoms with Gasteiger partial charge in [0.15, 0.2) is 0 Å². The van der Waals surface area contributed by atoms with E-state index in [1.165, 1.54) is 215 Å². The van der Waals surface area contributed by atoms with Gasteiger partial charge in [-0.2, -0.15) is 0 Å². The SMILES string of the molecule is c1ccc(-n2c3ccccc3c3cc(-c4ccc(-c5ccc(-c6cccc7ccccc67)cc5)cc4)ccc32)cc1.c1ccc(-n2c3ccccc3c3cc(-c4cccc(-c5ccc(-c6cccc7ccccc67)cc5)c4)ccc32)cc1.c1ccc(-n2c3ccccc3c3cc(-c4ccccc4-c4ccc(-c5cccc6ccccc56)cc4)ccc32)cc1. The lowest BCUT2D eigenvalue weighted by Crippen LogP contribution is -1.93. The van der Waals surface area contributed by atoms with Crippen LogP contribution in [-0.2, 0) is 0 Å². The Kier molecular flexibility index (Phi) is 19.0. The average molecular weight is 1560 g/mol. The first-order chi connectivity index (χ1) is 61.0. The molecule has 123 heavy (non-hydrogen) atoms. The van der Waals surface area contributed by atoms with Gasteiger partial charge in [-0.1, -0.05) is 394 Å². The Balaban J connectivity index is 0.000000110. The lowest BCUT2D eigenvalue weighted by molar-refractivity contribution is 1.18. The number of rotatable bonds is 12. The highest BCUT2D eigenvalue weighted by Gasteiger charge is 2.20. The van der Waals surface area contributed by atoms with Crippen LogP contribution in [0.15, 0.2) is 491 Å². The highest BCUT2D eigenvalue weighted by molar-refractivity contribution is 6.14. The third-order valence-corrected chi connectivity index (χ3v) is 24.6. The molecule has 24 aromatic rings. The Labute approximate surface area is 715 Å². The summed E-state index contributed by atoms with van der Waals surface area (Å²) in [7, 11) is 0. The fraction of sp³-hybridized carbons (Fsp3) is 0. The molecule has 0 amide bonds. The van der Waals surface area contributed by atoms with Crippen LogP contribution in [0, 0.1) is 0 Å². The summed E-state index contributed by atoms with van der Waals surface area (Å²) in [5.41, 5.74) is 33.1. The number of hydrogen-bond donors (Lipinski definition) is 0. The van der Waals surface area contributed by atoms with Crippen molar-refractivity contribution in [2.24, 2.45) is 0 Å². The smallest absolute Gasteiger partial charge is 0.0541 e. The molecule has 0 aliphatic heterocycles. The van der Waals surface area contributed by atoms with Gasteiger partial charge in [0.1, 0.15) is 0 Å². The van der Waals surface area contributed by atoms with Crippen molar-refractivity contribution >= 4 is 97.7 Å². The quantitative estimate of drug-likeness (QED) is 0.116. The maximum absolute atomic E-state index is 2.37. The normalized spacial score (nSPS) is 11.4. The molecular formula is C120H81N3. The van der Waals surface area contributed by atoms with E-state index in [-0.39, 0.29) is 0 Å². The van der Waals surface area contributed by atoms with E-state index in [0.717, 1.165) is 0 Å². The van der Waals surface area contributed by atoms with Crippen molar-refractivity contribution in [3.05, 3.63) is 491 Å². The van der Waals surface area contributed by atoms with Crippen LogP contribution < -0.4 is 0 Å². The number of aromatic nitrogens is 3. The molecule has 0 unspecified atom stereocenters. The zero-order chi connectivity index (χ0) is 81.5. The minimum absolute atomic E-state index is 1.18. The number of fused-ring (bicyclic) bond motifs is 12. The molecule has 3 nitrogen and oxygen atoms in total. The van der Waals surface area contributed by atoms with Gasteiger partial charge >= 0.3 is 0 Å². The first kappa shape index (κ1) is 73.2. The number of para-hydroxylation sites is 6. The van der Waals surface area contributed by atoms with Gasteiger partial charge in [0.25, 0.3) is 0 Å². The summed E-state index contributed by atoms with van der Waals surface area (Å²) in [6, 6.07) is 177. The van der Waals surface area contributed by atoms with Crippen molar-refractivity contribution in [1.82, 2.24) is 13.7 Å². The van der Waals surface area contributed by atoms with Crippen molar-refractivity contribution < 1.29 is 0 Å². The molecule has 576 valence electrons. The van der Waals surface area contributed by atoms with Crippen molar-refractivity contribution in [2.45, 2.75) is 0 Å². The lowest BCUT2D eigenvalue weighted by Gasteiger charge is -2.13. The Hall–Kier alpha value is -16.2. The summed E-state index contributed by atoms with van der Waals surface area (Å²) in [5.74, 6) is 0. The summed E-state index contributed by atoms with van der Waals surface area (Å²) in [5, 5.41) is 15.3. The lowest BCUT2D eigenvalue weighted by atomic mass is 9.92. The van der Waals surface area contributed by atoms with Gasteiger partial charge in [-0.3, -0.25) is 0 Å². The number of hydrogen-bond acceptors (Lipinski definition) is 0. The van der Waals surface area contributed by atoms with E-state index in [9.17, 15) is 0 Å². The molecule has 21 aromatic carbocycles. The van der Waals surface area contributed by atoms with Gasteiger partial charge < -0.3 is 13.7 Å². The van der Waals surface area contributed by atoms with Crippen LogP contribution in [0.4, 0.5) is 0 Å². The molecule has 0 aliphatic carbocycles. The number of benzene rings is 21. The topological polar surface area (TPSA) is 14.8 Å². The molecule has 0 aliphatic rings. The Bertz CT molecular complexity index is 8040. The molecule has 3 heterocycles. The largest absolute Gasteiger partial charge is 0.309 e. The van der Waals surface area contributed by atoms with Crippen LogP contribution in [0.25, 0.3) is 215 Å². The molecule has 0 saturated carbocycles. The third kappa shape index (κ3) is 13.8. The fourth-order valence-corrected chi connectivity index (χ4v) is 18.7. The summed E-state index contributed by atoms with van der Waals surface area (Å²) >= 11 is 0.